The summed E-state index contributed by atoms with van der Waals surface area (Å²) in [4.78, 5) is 24.6. The van der Waals surface area contributed by atoms with Crippen molar-refractivity contribution in [1.82, 2.24) is 30.0 Å². The average Bonchev–Trinajstić information content (AvgIpc) is 2.95. The SMILES string of the molecule is Cc1nc(C(=O)N2CCN(Cc3cccnc3)CC2)n[nH]1. The van der Waals surface area contributed by atoms with Gasteiger partial charge in [0, 0.05) is 45.1 Å². The summed E-state index contributed by atoms with van der Waals surface area (Å²) in [6.07, 6.45) is 3.66. The second kappa shape index (κ2) is 6.01. The summed E-state index contributed by atoms with van der Waals surface area (Å²) >= 11 is 0. The van der Waals surface area contributed by atoms with E-state index in [2.05, 4.69) is 31.1 Å². The van der Waals surface area contributed by atoms with Gasteiger partial charge in [-0.15, -0.1) is 5.10 Å². The molecule has 1 aliphatic heterocycles. The van der Waals surface area contributed by atoms with E-state index in [1.807, 2.05) is 17.2 Å². The molecule has 0 atom stereocenters. The number of aromatic nitrogens is 4. The Morgan fingerprint density at radius 1 is 1.33 bits per heavy atom. The summed E-state index contributed by atoms with van der Waals surface area (Å²) in [5, 5.41) is 6.63. The molecular formula is C14H18N6O. The van der Waals surface area contributed by atoms with Crippen LogP contribution in [0, 0.1) is 6.92 Å². The maximum Gasteiger partial charge on any atom is 0.293 e. The first-order valence-corrected chi connectivity index (χ1v) is 7.02. The fraction of sp³-hybridized carbons (Fsp3) is 0.429. The smallest absolute Gasteiger partial charge is 0.293 e. The summed E-state index contributed by atoms with van der Waals surface area (Å²) < 4.78 is 0. The number of hydrogen-bond donors (Lipinski definition) is 1. The predicted molar refractivity (Wildman–Crippen MR) is 76.5 cm³/mol. The van der Waals surface area contributed by atoms with Crippen LogP contribution in [0.5, 0.6) is 0 Å². The van der Waals surface area contributed by atoms with E-state index in [-0.39, 0.29) is 11.7 Å². The van der Waals surface area contributed by atoms with Crippen LogP contribution in [0.25, 0.3) is 0 Å². The first-order chi connectivity index (χ1) is 10.2. The number of carbonyl (C=O) groups excluding carboxylic acids is 1. The van der Waals surface area contributed by atoms with Crippen molar-refractivity contribution in [2.24, 2.45) is 0 Å². The van der Waals surface area contributed by atoms with Gasteiger partial charge in [0.25, 0.3) is 5.91 Å². The van der Waals surface area contributed by atoms with Crippen molar-refractivity contribution in [3.63, 3.8) is 0 Å². The van der Waals surface area contributed by atoms with Crippen molar-refractivity contribution in [2.75, 3.05) is 26.2 Å². The molecule has 0 spiro atoms. The quantitative estimate of drug-likeness (QED) is 0.887. The Kier molecular flexibility index (Phi) is 3.92. The molecule has 7 nitrogen and oxygen atoms in total. The number of aromatic amines is 1. The highest BCUT2D eigenvalue weighted by Gasteiger charge is 2.24. The van der Waals surface area contributed by atoms with E-state index >= 15 is 0 Å². The minimum absolute atomic E-state index is 0.0969. The largest absolute Gasteiger partial charge is 0.333 e. The Morgan fingerprint density at radius 3 is 2.76 bits per heavy atom. The minimum Gasteiger partial charge on any atom is -0.333 e. The number of hydrogen-bond acceptors (Lipinski definition) is 5. The van der Waals surface area contributed by atoms with E-state index in [0.717, 1.165) is 19.6 Å². The van der Waals surface area contributed by atoms with Gasteiger partial charge in [0.2, 0.25) is 5.82 Å². The summed E-state index contributed by atoms with van der Waals surface area (Å²) in [6.45, 7) is 5.76. The van der Waals surface area contributed by atoms with Crippen LogP contribution in [0.15, 0.2) is 24.5 Å². The number of H-pyrrole nitrogens is 1. The van der Waals surface area contributed by atoms with Crippen molar-refractivity contribution in [3.05, 3.63) is 41.7 Å². The first-order valence-electron chi connectivity index (χ1n) is 7.02. The van der Waals surface area contributed by atoms with Crippen LogP contribution in [0.3, 0.4) is 0 Å². The molecule has 21 heavy (non-hydrogen) atoms. The molecule has 2 aromatic heterocycles. The number of nitrogens with one attached hydrogen (secondary N) is 1. The lowest BCUT2D eigenvalue weighted by Crippen LogP contribution is -2.48. The molecule has 3 rings (SSSR count). The molecule has 7 heteroatoms. The third-order valence-electron chi connectivity index (χ3n) is 3.58. The molecule has 2 aromatic rings. The highest BCUT2D eigenvalue weighted by Crippen LogP contribution is 2.09. The second-order valence-electron chi connectivity index (χ2n) is 5.17. The Balaban J connectivity index is 1.54. The van der Waals surface area contributed by atoms with E-state index in [4.69, 9.17) is 0 Å². The lowest BCUT2D eigenvalue weighted by Gasteiger charge is -2.34. The van der Waals surface area contributed by atoms with Crippen LogP contribution in [0.1, 0.15) is 22.0 Å². The summed E-state index contributed by atoms with van der Waals surface area (Å²) in [5.74, 6) is 0.821. The Labute approximate surface area is 123 Å². The fourth-order valence-corrected chi connectivity index (χ4v) is 2.44. The maximum absolute atomic E-state index is 12.2. The number of piperazine rings is 1. The minimum atomic E-state index is -0.0969. The van der Waals surface area contributed by atoms with Crippen molar-refractivity contribution in [2.45, 2.75) is 13.5 Å². The van der Waals surface area contributed by atoms with Gasteiger partial charge in [-0.05, 0) is 18.6 Å². The number of aryl methyl sites for hydroxylation is 1. The van der Waals surface area contributed by atoms with Crippen LogP contribution >= 0.6 is 0 Å². The van der Waals surface area contributed by atoms with E-state index in [1.165, 1.54) is 5.56 Å². The van der Waals surface area contributed by atoms with Crippen LogP contribution in [0.4, 0.5) is 0 Å². The van der Waals surface area contributed by atoms with Gasteiger partial charge in [-0.1, -0.05) is 6.07 Å². The monoisotopic (exact) mass is 286 g/mol. The third-order valence-corrected chi connectivity index (χ3v) is 3.58. The van der Waals surface area contributed by atoms with Gasteiger partial charge in [-0.25, -0.2) is 4.98 Å². The molecule has 1 N–H and O–H groups in total. The van der Waals surface area contributed by atoms with Crippen molar-refractivity contribution in [3.8, 4) is 0 Å². The molecular weight excluding hydrogens is 268 g/mol. The second-order valence-corrected chi connectivity index (χ2v) is 5.17. The van der Waals surface area contributed by atoms with Crippen molar-refractivity contribution >= 4 is 5.91 Å². The number of nitrogens with zero attached hydrogens (tertiary/aromatic N) is 5. The Morgan fingerprint density at radius 2 is 2.14 bits per heavy atom. The standard InChI is InChI=1S/C14H18N6O/c1-11-16-13(18-17-11)14(21)20-7-5-19(6-8-20)10-12-3-2-4-15-9-12/h2-4,9H,5-8,10H2,1H3,(H,16,17,18). The van der Waals surface area contributed by atoms with Gasteiger partial charge < -0.3 is 4.90 Å². The molecule has 0 aliphatic carbocycles. The molecule has 3 heterocycles. The molecule has 0 unspecified atom stereocenters. The van der Waals surface area contributed by atoms with E-state index in [0.29, 0.717) is 18.9 Å². The zero-order chi connectivity index (χ0) is 14.7. The molecule has 1 saturated heterocycles. The highest BCUT2D eigenvalue weighted by atomic mass is 16.2. The Hall–Kier alpha value is -2.28. The molecule has 0 saturated carbocycles. The third kappa shape index (κ3) is 3.25. The van der Waals surface area contributed by atoms with Gasteiger partial charge in [0.1, 0.15) is 5.82 Å². The number of carbonyl (C=O) groups is 1. The summed E-state index contributed by atoms with van der Waals surface area (Å²) in [7, 11) is 0. The van der Waals surface area contributed by atoms with Crippen molar-refractivity contribution < 1.29 is 4.79 Å². The lowest BCUT2D eigenvalue weighted by molar-refractivity contribution is 0.0617. The van der Waals surface area contributed by atoms with Gasteiger partial charge >= 0.3 is 0 Å². The van der Waals surface area contributed by atoms with Crippen LogP contribution < -0.4 is 0 Å². The van der Waals surface area contributed by atoms with E-state index in [9.17, 15) is 4.79 Å². The molecule has 1 amide bonds. The molecule has 0 bridgehead atoms. The molecule has 0 aromatic carbocycles. The van der Waals surface area contributed by atoms with Crippen LogP contribution in [0.2, 0.25) is 0 Å². The maximum atomic E-state index is 12.2. The van der Waals surface area contributed by atoms with Gasteiger partial charge in [-0.3, -0.25) is 19.8 Å². The molecule has 0 radical (unpaired) electrons. The zero-order valence-electron chi connectivity index (χ0n) is 12.0. The molecule has 1 aliphatic rings. The topological polar surface area (TPSA) is 78.0 Å². The first kappa shape index (κ1) is 13.7. The molecule has 1 fully saturated rings. The predicted octanol–water partition coefficient (Wildman–Crippen LogP) is 0.466. The highest BCUT2D eigenvalue weighted by molar-refractivity contribution is 5.90. The van der Waals surface area contributed by atoms with E-state index in [1.54, 1.807) is 13.1 Å². The van der Waals surface area contributed by atoms with Crippen LogP contribution in [-0.4, -0.2) is 62.1 Å². The van der Waals surface area contributed by atoms with Gasteiger partial charge in [0.05, 0.1) is 0 Å². The summed E-state index contributed by atoms with van der Waals surface area (Å²) in [6, 6.07) is 4.02. The zero-order valence-corrected chi connectivity index (χ0v) is 12.0. The molecule has 110 valence electrons. The van der Waals surface area contributed by atoms with Gasteiger partial charge in [-0.2, -0.15) is 0 Å². The summed E-state index contributed by atoms with van der Waals surface area (Å²) in [5.41, 5.74) is 1.20. The fourth-order valence-electron chi connectivity index (χ4n) is 2.44. The Bertz CT molecular complexity index is 603. The van der Waals surface area contributed by atoms with Gasteiger partial charge in [0.15, 0.2) is 0 Å². The average molecular weight is 286 g/mol. The van der Waals surface area contributed by atoms with E-state index < -0.39 is 0 Å². The normalized spacial score (nSPS) is 16.1. The number of pyridine rings is 1. The lowest BCUT2D eigenvalue weighted by atomic mass is 10.2. The number of amides is 1. The van der Waals surface area contributed by atoms with Crippen LogP contribution in [-0.2, 0) is 6.54 Å². The van der Waals surface area contributed by atoms with Crippen molar-refractivity contribution in [1.29, 1.82) is 0 Å². The number of rotatable bonds is 3.